The van der Waals surface area contributed by atoms with Crippen LogP contribution in [0.15, 0.2) is 39.5 Å². The highest BCUT2D eigenvalue weighted by Gasteiger charge is 2.24. The molecular formula is C17H17BrN2O2S. The first-order valence-corrected chi connectivity index (χ1v) is 9.28. The summed E-state index contributed by atoms with van der Waals surface area (Å²) in [4.78, 5) is 26.0. The lowest BCUT2D eigenvalue weighted by atomic mass is 10.2. The number of thiophene rings is 1. The maximum atomic E-state index is 12.4. The monoisotopic (exact) mass is 392 g/mol. The topological polar surface area (TPSA) is 49.4 Å². The maximum Gasteiger partial charge on any atom is 0.252 e. The molecule has 23 heavy (non-hydrogen) atoms. The summed E-state index contributed by atoms with van der Waals surface area (Å²) in [5, 5.41) is 6.54. The molecule has 0 atom stereocenters. The van der Waals surface area contributed by atoms with E-state index in [0.717, 1.165) is 23.1 Å². The van der Waals surface area contributed by atoms with E-state index >= 15 is 0 Å². The van der Waals surface area contributed by atoms with E-state index in [1.165, 1.54) is 16.9 Å². The number of benzene rings is 1. The van der Waals surface area contributed by atoms with E-state index in [1.54, 1.807) is 6.07 Å². The molecule has 1 N–H and O–H groups in total. The van der Waals surface area contributed by atoms with Gasteiger partial charge in [-0.2, -0.15) is 11.3 Å². The number of fused-ring (bicyclic) bond motifs is 1. The van der Waals surface area contributed by atoms with Crippen molar-refractivity contribution in [3.63, 3.8) is 0 Å². The number of anilines is 1. The predicted molar refractivity (Wildman–Crippen MR) is 96.1 cm³/mol. The SMILES string of the molecule is O=C(NCCCC(=O)N1CCc2cc(Br)ccc21)c1ccsc1. The summed E-state index contributed by atoms with van der Waals surface area (Å²) in [6.07, 6.45) is 1.99. The van der Waals surface area contributed by atoms with Gasteiger partial charge in [0.1, 0.15) is 0 Å². The first kappa shape index (κ1) is 16.2. The lowest BCUT2D eigenvalue weighted by Gasteiger charge is -2.17. The zero-order valence-electron chi connectivity index (χ0n) is 12.5. The summed E-state index contributed by atoms with van der Waals surface area (Å²) in [5.41, 5.74) is 2.90. The van der Waals surface area contributed by atoms with E-state index in [9.17, 15) is 9.59 Å². The first-order valence-electron chi connectivity index (χ1n) is 7.54. The Hall–Kier alpha value is -1.66. The highest BCUT2D eigenvalue weighted by atomic mass is 79.9. The van der Waals surface area contributed by atoms with Crippen molar-refractivity contribution >= 4 is 44.8 Å². The highest BCUT2D eigenvalue weighted by molar-refractivity contribution is 9.10. The number of nitrogens with one attached hydrogen (secondary N) is 1. The van der Waals surface area contributed by atoms with Crippen LogP contribution < -0.4 is 10.2 Å². The lowest BCUT2D eigenvalue weighted by molar-refractivity contribution is -0.118. The minimum absolute atomic E-state index is 0.0740. The number of nitrogens with zero attached hydrogens (tertiary/aromatic N) is 1. The van der Waals surface area contributed by atoms with E-state index in [-0.39, 0.29) is 11.8 Å². The van der Waals surface area contributed by atoms with Crippen LogP contribution in [0.5, 0.6) is 0 Å². The molecular weight excluding hydrogens is 376 g/mol. The van der Waals surface area contributed by atoms with Crippen LogP contribution in [0.25, 0.3) is 0 Å². The number of amides is 2. The van der Waals surface area contributed by atoms with Crippen molar-refractivity contribution in [2.75, 3.05) is 18.0 Å². The van der Waals surface area contributed by atoms with Crippen LogP contribution in [0.4, 0.5) is 5.69 Å². The summed E-state index contributed by atoms with van der Waals surface area (Å²) in [6.45, 7) is 1.26. The van der Waals surface area contributed by atoms with Crippen LogP contribution in [0.3, 0.4) is 0 Å². The number of carbonyl (C=O) groups excluding carboxylic acids is 2. The second-order valence-electron chi connectivity index (χ2n) is 5.44. The van der Waals surface area contributed by atoms with Crippen LogP contribution in [-0.4, -0.2) is 24.9 Å². The average molecular weight is 393 g/mol. The molecule has 120 valence electrons. The molecule has 0 unspecified atom stereocenters. The number of hydrogen-bond acceptors (Lipinski definition) is 3. The van der Waals surface area contributed by atoms with Crippen molar-refractivity contribution < 1.29 is 9.59 Å². The Bertz CT molecular complexity index is 715. The zero-order chi connectivity index (χ0) is 16.2. The fourth-order valence-electron chi connectivity index (χ4n) is 2.70. The Morgan fingerprint density at radius 3 is 2.96 bits per heavy atom. The quantitative estimate of drug-likeness (QED) is 0.790. The third-order valence-electron chi connectivity index (χ3n) is 3.87. The number of hydrogen-bond donors (Lipinski definition) is 1. The van der Waals surface area contributed by atoms with Gasteiger partial charge in [-0.3, -0.25) is 9.59 Å². The van der Waals surface area contributed by atoms with Crippen LogP contribution >= 0.6 is 27.3 Å². The Morgan fingerprint density at radius 2 is 2.17 bits per heavy atom. The zero-order valence-corrected chi connectivity index (χ0v) is 15.0. The van der Waals surface area contributed by atoms with Crippen LogP contribution in [-0.2, 0) is 11.2 Å². The van der Waals surface area contributed by atoms with E-state index in [1.807, 2.05) is 27.8 Å². The van der Waals surface area contributed by atoms with Gasteiger partial charge in [-0.05, 0) is 48.1 Å². The molecule has 4 nitrogen and oxygen atoms in total. The molecule has 2 amide bonds. The lowest BCUT2D eigenvalue weighted by Crippen LogP contribution is -2.30. The maximum absolute atomic E-state index is 12.4. The van der Waals surface area contributed by atoms with Crippen molar-refractivity contribution in [3.05, 3.63) is 50.6 Å². The van der Waals surface area contributed by atoms with Crippen LogP contribution in [0.1, 0.15) is 28.8 Å². The number of carbonyl (C=O) groups is 2. The Labute approximate surface area is 147 Å². The van der Waals surface area contributed by atoms with Crippen molar-refractivity contribution in [1.82, 2.24) is 5.32 Å². The van der Waals surface area contributed by atoms with Crippen molar-refractivity contribution in [2.24, 2.45) is 0 Å². The molecule has 1 aliphatic rings. The third-order valence-corrected chi connectivity index (χ3v) is 5.05. The van der Waals surface area contributed by atoms with Gasteiger partial charge < -0.3 is 10.2 Å². The molecule has 0 saturated heterocycles. The first-order chi connectivity index (χ1) is 11.1. The van der Waals surface area contributed by atoms with Gasteiger partial charge in [0.25, 0.3) is 5.91 Å². The largest absolute Gasteiger partial charge is 0.352 e. The van der Waals surface area contributed by atoms with Gasteiger partial charge >= 0.3 is 0 Å². The number of rotatable bonds is 5. The second-order valence-corrected chi connectivity index (χ2v) is 7.14. The highest BCUT2D eigenvalue weighted by Crippen LogP contribution is 2.30. The van der Waals surface area contributed by atoms with Gasteiger partial charge in [-0.1, -0.05) is 15.9 Å². The molecule has 0 spiro atoms. The smallest absolute Gasteiger partial charge is 0.252 e. The summed E-state index contributed by atoms with van der Waals surface area (Å²) in [5.74, 6) is 0.0472. The number of halogens is 1. The van der Waals surface area contributed by atoms with Gasteiger partial charge in [0, 0.05) is 40.6 Å². The Kier molecular flexibility index (Phi) is 5.13. The molecule has 0 fully saturated rings. The third kappa shape index (κ3) is 3.82. The van der Waals surface area contributed by atoms with E-state index in [2.05, 4.69) is 27.3 Å². The van der Waals surface area contributed by atoms with E-state index in [0.29, 0.717) is 24.9 Å². The molecule has 3 rings (SSSR count). The summed E-state index contributed by atoms with van der Waals surface area (Å²) in [6, 6.07) is 7.82. The average Bonchev–Trinajstić information content (AvgIpc) is 3.19. The summed E-state index contributed by atoms with van der Waals surface area (Å²) < 4.78 is 1.04. The fraction of sp³-hybridized carbons (Fsp3) is 0.294. The van der Waals surface area contributed by atoms with Gasteiger partial charge in [-0.15, -0.1) is 0 Å². The van der Waals surface area contributed by atoms with E-state index in [4.69, 9.17) is 0 Å². The molecule has 2 aromatic rings. The van der Waals surface area contributed by atoms with Crippen LogP contribution in [0, 0.1) is 0 Å². The molecule has 0 aliphatic carbocycles. The molecule has 6 heteroatoms. The van der Waals surface area contributed by atoms with Crippen molar-refractivity contribution in [1.29, 1.82) is 0 Å². The standard InChI is InChI=1S/C17H17BrN2O2S/c18-14-3-4-15-12(10-14)5-8-20(15)16(21)2-1-7-19-17(22)13-6-9-23-11-13/h3-4,6,9-11H,1-2,5,7-8H2,(H,19,22). The Balaban J connectivity index is 1.47. The summed E-state index contributed by atoms with van der Waals surface area (Å²) in [7, 11) is 0. The molecule has 0 saturated carbocycles. The minimum atomic E-state index is -0.0740. The molecule has 2 heterocycles. The predicted octanol–water partition coefficient (Wildman–Crippen LogP) is 3.61. The van der Waals surface area contributed by atoms with E-state index < -0.39 is 0 Å². The molecule has 1 aliphatic heterocycles. The minimum Gasteiger partial charge on any atom is -0.352 e. The normalized spacial score (nSPS) is 13.0. The molecule has 0 bridgehead atoms. The van der Waals surface area contributed by atoms with Gasteiger partial charge in [0.15, 0.2) is 0 Å². The summed E-state index contributed by atoms with van der Waals surface area (Å²) >= 11 is 4.96. The van der Waals surface area contributed by atoms with Gasteiger partial charge in [-0.25, -0.2) is 0 Å². The van der Waals surface area contributed by atoms with Gasteiger partial charge in [0.05, 0.1) is 0 Å². The van der Waals surface area contributed by atoms with Crippen LogP contribution in [0.2, 0.25) is 0 Å². The van der Waals surface area contributed by atoms with Crippen molar-refractivity contribution in [3.8, 4) is 0 Å². The fourth-order valence-corrected chi connectivity index (χ4v) is 3.75. The second kappa shape index (κ2) is 7.27. The molecule has 0 radical (unpaired) electrons. The molecule has 1 aromatic carbocycles. The Morgan fingerprint density at radius 1 is 1.30 bits per heavy atom. The molecule has 1 aromatic heterocycles. The van der Waals surface area contributed by atoms with Crippen molar-refractivity contribution in [2.45, 2.75) is 19.3 Å². The van der Waals surface area contributed by atoms with Gasteiger partial charge in [0.2, 0.25) is 5.91 Å².